The van der Waals surface area contributed by atoms with E-state index in [0.29, 0.717) is 11.6 Å². The van der Waals surface area contributed by atoms with Gasteiger partial charge in [-0.3, -0.25) is 10.1 Å². The van der Waals surface area contributed by atoms with Crippen molar-refractivity contribution in [1.82, 2.24) is 9.78 Å². The quantitative estimate of drug-likeness (QED) is 0.621. The summed E-state index contributed by atoms with van der Waals surface area (Å²) in [5.74, 6) is 0.848. The van der Waals surface area contributed by atoms with Gasteiger partial charge in [-0.05, 0) is 13.0 Å². The van der Waals surface area contributed by atoms with Crippen molar-refractivity contribution in [3.8, 4) is 17.7 Å². The van der Waals surface area contributed by atoms with Crippen molar-refractivity contribution in [2.45, 2.75) is 6.92 Å². The van der Waals surface area contributed by atoms with E-state index in [2.05, 4.69) is 5.10 Å². The molecule has 0 amide bonds. The average molecular weight is 258 g/mol. The Bertz CT molecular complexity index is 685. The zero-order chi connectivity index (χ0) is 14.0. The molecule has 19 heavy (non-hydrogen) atoms. The third-order valence-electron chi connectivity index (χ3n) is 2.47. The first-order valence-electron chi connectivity index (χ1n) is 5.38. The molecular weight excluding hydrogens is 248 g/mol. The molecule has 0 aliphatic rings. The van der Waals surface area contributed by atoms with Crippen LogP contribution in [0, 0.1) is 28.4 Å². The van der Waals surface area contributed by atoms with Crippen molar-refractivity contribution >= 4 is 5.69 Å². The van der Waals surface area contributed by atoms with Crippen molar-refractivity contribution in [2.24, 2.45) is 7.05 Å². The van der Waals surface area contributed by atoms with E-state index in [4.69, 9.17) is 10.00 Å². The number of aromatic nitrogens is 2. The molecule has 0 spiro atoms. The smallest absolute Gasteiger partial charge is 0.287 e. The Morgan fingerprint density at radius 1 is 1.47 bits per heavy atom. The van der Waals surface area contributed by atoms with Gasteiger partial charge in [0.25, 0.3) is 5.69 Å². The summed E-state index contributed by atoms with van der Waals surface area (Å²) >= 11 is 0. The van der Waals surface area contributed by atoms with Gasteiger partial charge in [0, 0.05) is 25.2 Å². The highest BCUT2D eigenvalue weighted by Crippen LogP contribution is 2.27. The first kappa shape index (κ1) is 12.6. The van der Waals surface area contributed by atoms with Crippen LogP contribution >= 0.6 is 0 Å². The first-order valence-corrected chi connectivity index (χ1v) is 5.38. The number of nitro groups is 1. The van der Waals surface area contributed by atoms with E-state index < -0.39 is 4.92 Å². The molecule has 0 bridgehead atoms. The Balaban J connectivity index is 2.35. The molecule has 2 rings (SSSR count). The predicted molar refractivity (Wildman–Crippen MR) is 65.8 cm³/mol. The van der Waals surface area contributed by atoms with E-state index >= 15 is 0 Å². The molecule has 0 atom stereocenters. The molecule has 1 aromatic carbocycles. The zero-order valence-corrected chi connectivity index (χ0v) is 10.3. The second-order valence-corrected chi connectivity index (χ2v) is 3.90. The molecule has 1 aromatic heterocycles. The fourth-order valence-electron chi connectivity index (χ4n) is 1.63. The third kappa shape index (κ3) is 2.52. The molecule has 0 aliphatic heterocycles. The number of nitriles is 1. The van der Waals surface area contributed by atoms with Crippen molar-refractivity contribution in [3.63, 3.8) is 0 Å². The minimum Gasteiger partial charge on any atom is -0.439 e. The number of ether oxygens (including phenoxy) is 1. The third-order valence-corrected chi connectivity index (χ3v) is 2.47. The highest BCUT2D eigenvalue weighted by Gasteiger charge is 2.15. The summed E-state index contributed by atoms with van der Waals surface area (Å²) in [6, 6.07) is 7.54. The van der Waals surface area contributed by atoms with Crippen LogP contribution in [0.4, 0.5) is 5.69 Å². The molecule has 1 heterocycles. The van der Waals surface area contributed by atoms with Gasteiger partial charge in [0.2, 0.25) is 5.88 Å². The lowest BCUT2D eigenvalue weighted by Gasteiger charge is -2.05. The van der Waals surface area contributed by atoms with E-state index in [-0.39, 0.29) is 11.3 Å². The van der Waals surface area contributed by atoms with Gasteiger partial charge in [-0.1, -0.05) is 0 Å². The minimum atomic E-state index is -0.601. The van der Waals surface area contributed by atoms with Gasteiger partial charge in [-0.15, -0.1) is 0 Å². The highest BCUT2D eigenvalue weighted by atomic mass is 16.6. The maximum Gasteiger partial charge on any atom is 0.287 e. The summed E-state index contributed by atoms with van der Waals surface area (Å²) in [6.07, 6.45) is 0. The Morgan fingerprint density at radius 3 is 2.74 bits per heavy atom. The van der Waals surface area contributed by atoms with Crippen LogP contribution in [0.3, 0.4) is 0 Å². The number of hydrogen-bond acceptors (Lipinski definition) is 5. The predicted octanol–water partition coefficient (Wildman–Crippen LogP) is 2.30. The zero-order valence-electron chi connectivity index (χ0n) is 10.3. The number of benzene rings is 1. The standard InChI is InChI=1S/C12H10N4O3/c1-8-5-12(15(2)14-8)19-10-3-4-11(16(17)18)9(6-10)7-13/h3-6H,1-2H3. The molecule has 0 N–H and O–H groups in total. The van der Waals surface area contributed by atoms with Crippen LogP contribution in [0.1, 0.15) is 11.3 Å². The Kier molecular flexibility index (Phi) is 3.16. The topological polar surface area (TPSA) is 94.0 Å². The number of nitro benzene ring substituents is 1. The molecule has 2 aromatic rings. The average Bonchev–Trinajstić information content (AvgIpc) is 2.67. The summed E-state index contributed by atoms with van der Waals surface area (Å²) in [5, 5.41) is 23.7. The highest BCUT2D eigenvalue weighted by molar-refractivity contribution is 5.52. The second kappa shape index (κ2) is 4.78. The summed E-state index contributed by atoms with van der Waals surface area (Å²) in [4.78, 5) is 10.1. The lowest BCUT2D eigenvalue weighted by molar-refractivity contribution is -0.385. The van der Waals surface area contributed by atoms with Gasteiger partial charge in [0.1, 0.15) is 17.4 Å². The monoisotopic (exact) mass is 258 g/mol. The summed E-state index contributed by atoms with van der Waals surface area (Å²) < 4.78 is 7.08. The SMILES string of the molecule is Cc1cc(Oc2ccc([N+](=O)[O-])c(C#N)c2)n(C)n1. The largest absolute Gasteiger partial charge is 0.439 e. The molecule has 0 radical (unpaired) electrons. The minimum absolute atomic E-state index is 0.0404. The van der Waals surface area contributed by atoms with E-state index in [1.165, 1.54) is 18.2 Å². The van der Waals surface area contributed by atoms with E-state index in [9.17, 15) is 10.1 Å². The molecule has 0 aliphatic carbocycles. The first-order chi connectivity index (χ1) is 9.01. The van der Waals surface area contributed by atoms with Crippen molar-refractivity contribution < 1.29 is 9.66 Å². The van der Waals surface area contributed by atoms with Gasteiger partial charge in [0.05, 0.1) is 10.6 Å². The fourth-order valence-corrected chi connectivity index (χ4v) is 1.63. The maximum absolute atomic E-state index is 10.7. The van der Waals surface area contributed by atoms with Gasteiger partial charge in [-0.25, -0.2) is 4.68 Å². The molecule has 0 fully saturated rings. The van der Waals surface area contributed by atoms with E-state index in [1.807, 2.05) is 6.92 Å². The van der Waals surface area contributed by atoms with Crippen LogP contribution in [0.25, 0.3) is 0 Å². The van der Waals surface area contributed by atoms with Crippen LogP contribution < -0.4 is 4.74 Å². The van der Waals surface area contributed by atoms with E-state index in [0.717, 1.165) is 5.69 Å². The van der Waals surface area contributed by atoms with Crippen molar-refractivity contribution in [1.29, 1.82) is 5.26 Å². The molecule has 0 saturated carbocycles. The van der Waals surface area contributed by atoms with Crippen LogP contribution in [-0.2, 0) is 7.05 Å². The Morgan fingerprint density at radius 2 is 2.21 bits per heavy atom. The van der Waals surface area contributed by atoms with Crippen LogP contribution in [0.2, 0.25) is 0 Å². The number of aryl methyl sites for hydroxylation is 2. The van der Waals surface area contributed by atoms with Gasteiger partial charge in [0.15, 0.2) is 0 Å². The number of rotatable bonds is 3. The maximum atomic E-state index is 10.7. The van der Waals surface area contributed by atoms with Crippen LogP contribution in [0.5, 0.6) is 11.6 Å². The second-order valence-electron chi connectivity index (χ2n) is 3.90. The Hall–Kier alpha value is -2.88. The molecule has 96 valence electrons. The van der Waals surface area contributed by atoms with Gasteiger partial charge in [-0.2, -0.15) is 10.4 Å². The molecular formula is C12H10N4O3. The van der Waals surface area contributed by atoms with Crippen LogP contribution in [-0.4, -0.2) is 14.7 Å². The fraction of sp³-hybridized carbons (Fsp3) is 0.167. The van der Waals surface area contributed by atoms with Crippen LogP contribution in [0.15, 0.2) is 24.3 Å². The number of hydrogen-bond donors (Lipinski definition) is 0. The molecule has 7 nitrogen and oxygen atoms in total. The normalized spacial score (nSPS) is 9.95. The van der Waals surface area contributed by atoms with E-state index in [1.54, 1.807) is 23.9 Å². The van der Waals surface area contributed by atoms with Gasteiger partial charge < -0.3 is 4.74 Å². The number of nitrogens with zero attached hydrogens (tertiary/aromatic N) is 4. The van der Waals surface area contributed by atoms with Gasteiger partial charge >= 0.3 is 0 Å². The summed E-state index contributed by atoms with van der Waals surface area (Å²) in [6.45, 7) is 1.82. The molecule has 7 heteroatoms. The summed E-state index contributed by atoms with van der Waals surface area (Å²) in [7, 11) is 1.72. The van der Waals surface area contributed by atoms with Crippen molar-refractivity contribution in [2.75, 3.05) is 0 Å². The molecule has 0 saturated heterocycles. The lowest BCUT2D eigenvalue weighted by atomic mass is 10.2. The Labute approximate surface area is 108 Å². The lowest BCUT2D eigenvalue weighted by Crippen LogP contribution is -1.97. The van der Waals surface area contributed by atoms with Crippen molar-refractivity contribution in [3.05, 3.63) is 45.6 Å². The summed E-state index contributed by atoms with van der Waals surface area (Å²) in [5.41, 5.74) is 0.511. The molecule has 0 unspecified atom stereocenters.